The number of nitrogens with zero attached hydrogens (tertiary/aromatic N) is 1. The second-order valence-electron chi connectivity index (χ2n) is 5.02. The normalized spacial score (nSPS) is 16.2. The molecule has 0 bridgehead atoms. The molecule has 0 spiro atoms. The summed E-state index contributed by atoms with van der Waals surface area (Å²) in [6, 6.07) is 4.46. The first-order valence-electron chi connectivity index (χ1n) is 7.08. The summed E-state index contributed by atoms with van der Waals surface area (Å²) in [5.74, 6) is -0.114. The van der Waals surface area contributed by atoms with E-state index in [0.717, 1.165) is 12.8 Å². The van der Waals surface area contributed by atoms with Gasteiger partial charge >= 0.3 is 0 Å². The maximum Gasteiger partial charge on any atom is 0.257 e. The fourth-order valence-electron chi connectivity index (χ4n) is 2.51. The Morgan fingerprint density at radius 1 is 1.45 bits per heavy atom. The number of nitrogens with two attached hydrogens (primary N) is 1. The predicted octanol–water partition coefficient (Wildman–Crippen LogP) is 2.04. The molecule has 20 heavy (non-hydrogen) atoms. The molecule has 1 fully saturated rings. The van der Waals surface area contributed by atoms with Crippen molar-refractivity contribution in [1.82, 2.24) is 4.90 Å². The maximum absolute atomic E-state index is 13.8. The topological polar surface area (TPSA) is 55.6 Å². The lowest BCUT2D eigenvalue weighted by Crippen LogP contribution is -2.40. The molecule has 0 aliphatic carbocycles. The molecular weight excluding hydrogens is 259 g/mol. The molecule has 1 saturated heterocycles. The molecule has 0 aromatic heterocycles. The smallest absolute Gasteiger partial charge is 0.257 e. The van der Waals surface area contributed by atoms with Crippen molar-refractivity contribution in [3.8, 4) is 5.75 Å². The van der Waals surface area contributed by atoms with Gasteiger partial charge in [0, 0.05) is 13.1 Å². The quantitative estimate of drug-likeness (QED) is 0.918. The number of carbonyl (C=O) groups is 1. The lowest BCUT2D eigenvalue weighted by molar-refractivity contribution is 0.0688. The van der Waals surface area contributed by atoms with Gasteiger partial charge in [-0.15, -0.1) is 0 Å². The van der Waals surface area contributed by atoms with E-state index in [0.29, 0.717) is 37.7 Å². The van der Waals surface area contributed by atoms with E-state index >= 15 is 0 Å². The average Bonchev–Trinajstić information content (AvgIpc) is 2.49. The molecule has 1 aromatic rings. The lowest BCUT2D eigenvalue weighted by atomic mass is 9.96. The molecule has 1 aliphatic rings. The molecule has 110 valence electrons. The van der Waals surface area contributed by atoms with Gasteiger partial charge in [-0.25, -0.2) is 4.39 Å². The maximum atomic E-state index is 13.8. The Labute approximate surface area is 118 Å². The number of likely N-dealkylation sites (tertiary alicyclic amines) is 1. The number of para-hydroxylation sites is 1. The number of piperidine rings is 1. The molecule has 0 unspecified atom stereocenters. The molecule has 0 radical (unpaired) electrons. The molecule has 5 heteroatoms. The van der Waals surface area contributed by atoms with Gasteiger partial charge in [0.15, 0.2) is 11.6 Å². The fourth-order valence-corrected chi connectivity index (χ4v) is 2.51. The number of benzene rings is 1. The molecule has 2 rings (SSSR count). The van der Waals surface area contributed by atoms with Crippen molar-refractivity contribution in [2.24, 2.45) is 11.7 Å². The molecule has 1 aromatic carbocycles. The largest absolute Gasteiger partial charge is 0.490 e. The van der Waals surface area contributed by atoms with Gasteiger partial charge in [0.1, 0.15) is 0 Å². The molecule has 2 N–H and O–H groups in total. The summed E-state index contributed by atoms with van der Waals surface area (Å²) in [6.45, 7) is 4.10. The van der Waals surface area contributed by atoms with Gasteiger partial charge < -0.3 is 15.4 Å². The van der Waals surface area contributed by atoms with Crippen molar-refractivity contribution in [2.45, 2.75) is 19.8 Å². The predicted molar refractivity (Wildman–Crippen MR) is 75.3 cm³/mol. The summed E-state index contributed by atoms with van der Waals surface area (Å²) in [6.07, 6.45) is 1.81. The van der Waals surface area contributed by atoms with Crippen LogP contribution in [0.5, 0.6) is 5.75 Å². The van der Waals surface area contributed by atoms with Crippen LogP contribution in [0, 0.1) is 11.7 Å². The Bertz CT molecular complexity index is 471. The Morgan fingerprint density at radius 2 is 2.15 bits per heavy atom. The average molecular weight is 280 g/mol. The van der Waals surface area contributed by atoms with Crippen molar-refractivity contribution in [1.29, 1.82) is 0 Å². The number of amides is 1. The number of halogens is 1. The highest BCUT2D eigenvalue weighted by Crippen LogP contribution is 2.26. The first-order chi connectivity index (χ1) is 9.67. The molecule has 1 heterocycles. The van der Waals surface area contributed by atoms with E-state index in [4.69, 9.17) is 10.5 Å². The van der Waals surface area contributed by atoms with Crippen LogP contribution in [0.2, 0.25) is 0 Å². The third-order valence-corrected chi connectivity index (χ3v) is 3.72. The van der Waals surface area contributed by atoms with Crippen LogP contribution in [-0.4, -0.2) is 37.0 Å². The third kappa shape index (κ3) is 3.10. The monoisotopic (exact) mass is 280 g/mol. The van der Waals surface area contributed by atoms with Crippen LogP contribution >= 0.6 is 0 Å². The van der Waals surface area contributed by atoms with Crippen LogP contribution in [0.25, 0.3) is 0 Å². The zero-order valence-electron chi connectivity index (χ0n) is 11.8. The molecule has 0 atom stereocenters. The Kier molecular flexibility index (Phi) is 4.95. The van der Waals surface area contributed by atoms with Gasteiger partial charge in [-0.05, 0) is 44.4 Å². The van der Waals surface area contributed by atoms with E-state index in [2.05, 4.69) is 0 Å². The molecule has 4 nitrogen and oxygen atoms in total. The van der Waals surface area contributed by atoms with Crippen LogP contribution in [0.15, 0.2) is 18.2 Å². The zero-order chi connectivity index (χ0) is 14.5. The van der Waals surface area contributed by atoms with Gasteiger partial charge in [0.05, 0.1) is 12.2 Å². The summed E-state index contributed by atoms with van der Waals surface area (Å²) in [5.41, 5.74) is 5.95. The van der Waals surface area contributed by atoms with Crippen molar-refractivity contribution in [2.75, 3.05) is 26.2 Å². The van der Waals surface area contributed by atoms with Crippen LogP contribution in [0.4, 0.5) is 4.39 Å². The van der Waals surface area contributed by atoms with Crippen LogP contribution < -0.4 is 10.5 Å². The number of rotatable bonds is 4. The first-order valence-corrected chi connectivity index (χ1v) is 7.08. The minimum absolute atomic E-state index is 0.0564. The summed E-state index contributed by atoms with van der Waals surface area (Å²) in [4.78, 5) is 14.2. The molecule has 0 saturated carbocycles. The Hall–Kier alpha value is -1.62. The van der Waals surface area contributed by atoms with Gasteiger partial charge in [-0.2, -0.15) is 0 Å². The summed E-state index contributed by atoms with van der Waals surface area (Å²) >= 11 is 0. The summed E-state index contributed by atoms with van der Waals surface area (Å²) in [5, 5.41) is 0. The van der Waals surface area contributed by atoms with Crippen molar-refractivity contribution < 1.29 is 13.9 Å². The van der Waals surface area contributed by atoms with Gasteiger partial charge in [0.25, 0.3) is 5.91 Å². The van der Waals surface area contributed by atoms with E-state index in [-0.39, 0.29) is 11.7 Å². The van der Waals surface area contributed by atoms with Gasteiger partial charge in [-0.3, -0.25) is 4.79 Å². The van der Waals surface area contributed by atoms with Crippen molar-refractivity contribution >= 4 is 5.91 Å². The number of carbonyl (C=O) groups excluding carboxylic acids is 1. The number of hydrogen-bond donors (Lipinski definition) is 1. The summed E-state index contributed by atoms with van der Waals surface area (Å²) in [7, 11) is 0. The number of ether oxygens (including phenoxy) is 1. The summed E-state index contributed by atoms with van der Waals surface area (Å²) < 4.78 is 19.0. The second kappa shape index (κ2) is 6.70. The number of hydrogen-bond acceptors (Lipinski definition) is 3. The van der Waals surface area contributed by atoms with Crippen molar-refractivity contribution in [3.05, 3.63) is 29.6 Å². The third-order valence-electron chi connectivity index (χ3n) is 3.72. The van der Waals surface area contributed by atoms with Gasteiger partial charge in [-0.1, -0.05) is 6.07 Å². The standard InChI is InChI=1S/C15H21FN2O2/c1-2-20-14-12(4-3-5-13(14)16)15(19)18-8-6-11(10-17)7-9-18/h3-5,11H,2,6-10,17H2,1H3. The van der Waals surface area contributed by atoms with E-state index < -0.39 is 5.82 Å². The highest BCUT2D eigenvalue weighted by Gasteiger charge is 2.25. The van der Waals surface area contributed by atoms with E-state index in [1.165, 1.54) is 12.1 Å². The van der Waals surface area contributed by atoms with E-state index in [9.17, 15) is 9.18 Å². The van der Waals surface area contributed by atoms with E-state index in [1.807, 2.05) is 0 Å². The Morgan fingerprint density at radius 3 is 2.75 bits per heavy atom. The van der Waals surface area contributed by atoms with E-state index in [1.54, 1.807) is 17.9 Å². The molecule has 1 amide bonds. The van der Waals surface area contributed by atoms with Crippen LogP contribution in [0.1, 0.15) is 30.1 Å². The van der Waals surface area contributed by atoms with Gasteiger partial charge in [0.2, 0.25) is 0 Å². The van der Waals surface area contributed by atoms with Crippen molar-refractivity contribution in [3.63, 3.8) is 0 Å². The van der Waals surface area contributed by atoms with Crippen LogP contribution in [-0.2, 0) is 0 Å². The highest BCUT2D eigenvalue weighted by atomic mass is 19.1. The molecular formula is C15H21FN2O2. The molecule has 1 aliphatic heterocycles. The SMILES string of the molecule is CCOc1c(F)cccc1C(=O)N1CCC(CN)CC1. The Balaban J connectivity index is 2.15. The van der Waals surface area contributed by atoms with Crippen LogP contribution in [0.3, 0.4) is 0 Å². The lowest BCUT2D eigenvalue weighted by Gasteiger charge is -2.31. The zero-order valence-corrected chi connectivity index (χ0v) is 11.8. The second-order valence-corrected chi connectivity index (χ2v) is 5.02. The minimum Gasteiger partial charge on any atom is -0.490 e. The first kappa shape index (κ1) is 14.8. The highest BCUT2D eigenvalue weighted by molar-refractivity contribution is 5.97. The fraction of sp³-hybridized carbons (Fsp3) is 0.533. The minimum atomic E-state index is -0.491.